The van der Waals surface area contributed by atoms with Gasteiger partial charge in [-0.05, 0) is 48.4 Å². The maximum Gasteiger partial charge on any atom is 0.247 e. The Morgan fingerprint density at radius 1 is 1.14 bits per heavy atom. The van der Waals surface area contributed by atoms with E-state index in [0.29, 0.717) is 5.89 Å². The molecule has 0 aliphatic heterocycles. The van der Waals surface area contributed by atoms with Gasteiger partial charge in [-0.15, -0.1) is 10.2 Å². The van der Waals surface area contributed by atoms with Crippen molar-refractivity contribution in [2.24, 2.45) is 0 Å². The van der Waals surface area contributed by atoms with Crippen LogP contribution in [0.25, 0.3) is 11.5 Å². The summed E-state index contributed by atoms with van der Waals surface area (Å²) < 4.78 is 6.29. The normalized spacial score (nSPS) is 10.6. The second-order valence-corrected chi connectivity index (χ2v) is 5.62. The first-order chi connectivity index (χ1) is 10.2. The smallest absolute Gasteiger partial charge is 0.247 e. The maximum absolute atomic E-state index is 5.17. The van der Waals surface area contributed by atoms with Gasteiger partial charge in [0.1, 0.15) is 0 Å². The number of benzene rings is 2. The summed E-state index contributed by atoms with van der Waals surface area (Å²) >= 11 is 3.59. The highest BCUT2D eigenvalue weighted by Crippen LogP contribution is 2.22. The van der Waals surface area contributed by atoms with Crippen molar-refractivity contribution in [2.45, 2.75) is 13.5 Å². The average Bonchev–Trinajstić information content (AvgIpc) is 3.01. The van der Waals surface area contributed by atoms with Crippen molar-refractivity contribution in [3.8, 4) is 11.5 Å². The van der Waals surface area contributed by atoms with Crippen LogP contribution in [-0.4, -0.2) is 10.2 Å². The van der Waals surface area contributed by atoms with Crippen molar-refractivity contribution in [1.82, 2.24) is 10.2 Å². The molecule has 0 saturated heterocycles. The van der Waals surface area contributed by atoms with Crippen LogP contribution in [0.15, 0.2) is 57.7 Å². The third-order valence-corrected chi connectivity index (χ3v) is 3.92. The van der Waals surface area contributed by atoms with E-state index in [1.807, 2.05) is 24.3 Å². The van der Waals surface area contributed by atoms with Crippen molar-refractivity contribution < 1.29 is 4.42 Å². The number of nitrogens with zero attached hydrogens (tertiary/aromatic N) is 2. The van der Waals surface area contributed by atoms with Crippen LogP contribution in [-0.2, 0) is 6.54 Å². The average molecular weight is 344 g/mol. The first-order valence-corrected chi connectivity index (χ1v) is 7.37. The van der Waals surface area contributed by atoms with E-state index in [1.54, 1.807) is 0 Å². The van der Waals surface area contributed by atoms with Gasteiger partial charge in [-0.25, -0.2) is 0 Å². The van der Waals surface area contributed by atoms with Crippen molar-refractivity contribution in [2.75, 3.05) is 5.32 Å². The van der Waals surface area contributed by atoms with Gasteiger partial charge in [0.2, 0.25) is 12.3 Å². The molecule has 1 heterocycles. The maximum atomic E-state index is 5.17. The molecule has 0 unspecified atom stereocenters. The molecule has 0 bridgehead atoms. The summed E-state index contributed by atoms with van der Waals surface area (Å²) in [7, 11) is 0. The Morgan fingerprint density at radius 3 is 2.62 bits per heavy atom. The summed E-state index contributed by atoms with van der Waals surface area (Å²) in [5.41, 5.74) is 4.43. The molecule has 21 heavy (non-hydrogen) atoms. The molecule has 3 rings (SSSR count). The second-order valence-electron chi connectivity index (χ2n) is 4.77. The van der Waals surface area contributed by atoms with E-state index in [2.05, 4.69) is 56.6 Å². The van der Waals surface area contributed by atoms with Crippen molar-refractivity contribution in [3.63, 3.8) is 0 Å². The SMILES string of the molecule is Cc1ccc(CNc2ccc(-c3nnco3)cc2)c(Br)c1. The Bertz CT molecular complexity index is 724. The fourth-order valence-corrected chi connectivity index (χ4v) is 2.66. The van der Waals surface area contributed by atoms with Crippen molar-refractivity contribution in [1.29, 1.82) is 0 Å². The molecule has 0 aliphatic carbocycles. The van der Waals surface area contributed by atoms with E-state index in [-0.39, 0.29) is 0 Å². The first kappa shape index (κ1) is 13.8. The summed E-state index contributed by atoms with van der Waals surface area (Å²) in [5, 5.41) is 11.0. The standard InChI is InChI=1S/C16H14BrN3O/c1-11-2-3-13(15(17)8-11)9-18-14-6-4-12(5-7-14)16-20-19-10-21-16/h2-8,10,18H,9H2,1H3. The number of anilines is 1. The molecule has 1 aromatic heterocycles. The number of hydrogen-bond acceptors (Lipinski definition) is 4. The summed E-state index contributed by atoms with van der Waals surface area (Å²) in [6, 6.07) is 14.3. The van der Waals surface area contributed by atoms with Gasteiger partial charge in [-0.2, -0.15) is 0 Å². The highest BCUT2D eigenvalue weighted by molar-refractivity contribution is 9.10. The van der Waals surface area contributed by atoms with Gasteiger partial charge in [0, 0.05) is 22.3 Å². The van der Waals surface area contributed by atoms with Crippen molar-refractivity contribution in [3.05, 3.63) is 64.5 Å². The summed E-state index contributed by atoms with van der Waals surface area (Å²) in [6.45, 7) is 2.85. The third kappa shape index (κ3) is 3.31. The predicted molar refractivity (Wildman–Crippen MR) is 85.9 cm³/mol. The lowest BCUT2D eigenvalue weighted by Gasteiger charge is -2.09. The Kier molecular flexibility index (Phi) is 4.01. The van der Waals surface area contributed by atoms with E-state index < -0.39 is 0 Å². The highest BCUT2D eigenvalue weighted by Gasteiger charge is 2.04. The van der Waals surface area contributed by atoms with Crippen LogP contribution >= 0.6 is 15.9 Å². The summed E-state index contributed by atoms with van der Waals surface area (Å²) in [4.78, 5) is 0. The van der Waals surface area contributed by atoms with Gasteiger partial charge in [0.15, 0.2) is 0 Å². The number of aromatic nitrogens is 2. The topological polar surface area (TPSA) is 51.0 Å². The molecular weight excluding hydrogens is 330 g/mol. The van der Waals surface area contributed by atoms with E-state index in [1.165, 1.54) is 17.5 Å². The molecule has 3 aromatic rings. The molecule has 0 aliphatic rings. The van der Waals surface area contributed by atoms with Crippen molar-refractivity contribution >= 4 is 21.6 Å². The lowest BCUT2D eigenvalue weighted by Crippen LogP contribution is -2.00. The fraction of sp³-hybridized carbons (Fsp3) is 0.125. The Balaban J connectivity index is 1.68. The Hall–Kier alpha value is -2.14. The number of rotatable bonds is 4. The Morgan fingerprint density at radius 2 is 1.95 bits per heavy atom. The van der Waals surface area contributed by atoms with Gasteiger partial charge in [0.25, 0.3) is 0 Å². The minimum Gasteiger partial charge on any atom is -0.423 e. The summed E-state index contributed by atoms with van der Waals surface area (Å²) in [5.74, 6) is 0.530. The molecule has 2 aromatic carbocycles. The molecule has 4 nitrogen and oxygen atoms in total. The Labute approximate surface area is 131 Å². The van der Waals surface area contributed by atoms with E-state index in [0.717, 1.165) is 22.3 Å². The monoisotopic (exact) mass is 343 g/mol. The van der Waals surface area contributed by atoms with Gasteiger partial charge in [-0.1, -0.05) is 28.1 Å². The minimum absolute atomic E-state index is 0.530. The highest BCUT2D eigenvalue weighted by atomic mass is 79.9. The zero-order chi connectivity index (χ0) is 14.7. The van der Waals surface area contributed by atoms with Crippen LogP contribution in [0.4, 0.5) is 5.69 Å². The van der Waals surface area contributed by atoms with E-state index in [4.69, 9.17) is 4.42 Å². The van der Waals surface area contributed by atoms with Gasteiger partial charge >= 0.3 is 0 Å². The predicted octanol–water partition coefficient (Wildman–Crippen LogP) is 4.42. The number of aryl methyl sites for hydroxylation is 1. The summed E-state index contributed by atoms with van der Waals surface area (Å²) in [6.07, 6.45) is 1.33. The third-order valence-electron chi connectivity index (χ3n) is 3.18. The zero-order valence-electron chi connectivity index (χ0n) is 11.5. The van der Waals surface area contributed by atoms with Crippen LogP contribution < -0.4 is 5.32 Å². The number of halogens is 1. The molecule has 0 amide bonds. The number of hydrogen-bond donors (Lipinski definition) is 1. The van der Waals surface area contributed by atoms with Crippen LogP contribution in [0.5, 0.6) is 0 Å². The van der Waals surface area contributed by atoms with E-state index in [9.17, 15) is 0 Å². The molecule has 0 radical (unpaired) electrons. The largest absolute Gasteiger partial charge is 0.423 e. The molecule has 1 N–H and O–H groups in total. The number of nitrogens with one attached hydrogen (secondary N) is 1. The molecule has 0 saturated carbocycles. The molecule has 0 spiro atoms. The lowest BCUT2D eigenvalue weighted by atomic mass is 10.1. The van der Waals surface area contributed by atoms with Gasteiger partial charge in [-0.3, -0.25) is 0 Å². The molecule has 0 atom stereocenters. The van der Waals surface area contributed by atoms with Gasteiger partial charge < -0.3 is 9.73 Å². The van der Waals surface area contributed by atoms with Crippen LogP contribution in [0.2, 0.25) is 0 Å². The zero-order valence-corrected chi connectivity index (χ0v) is 13.1. The molecular formula is C16H14BrN3O. The molecule has 0 fully saturated rings. The first-order valence-electron chi connectivity index (χ1n) is 6.58. The van der Waals surface area contributed by atoms with Crippen LogP contribution in [0.3, 0.4) is 0 Å². The lowest BCUT2D eigenvalue weighted by molar-refractivity contribution is 0.568. The quantitative estimate of drug-likeness (QED) is 0.761. The van der Waals surface area contributed by atoms with Crippen LogP contribution in [0.1, 0.15) is 11.1 Å². The molecule has 5 heteroatoms. The fourth-order valence-electron chi connectivity index (χ4n) is 2.02. The van der Waals surface area contributed by atoms with Gasteiger partial charge in [0.05, 0.1) is 0 Å². The molecule has 106 valence electrons. The minimum atomic E-state index is 0.530. The van der Waals surface area contributed by atoms with E-state index >= 15 is 0 Å². The second kappa shape index (κ2) is 6.10. The van der Waals surface area contributed by atoms with Crippen LogP contribution in [0, 0.1) is 6.92 Å².